The van der Waals surface area contributed by atoms with E-state index in [-0.39, 0.29) is 11.8 Å². The molecular weight excluding hydrogens is 231 g/mol. The summed E-state index contributed by atoms with van der Waals surface area (Å²) in [6, 6.07) is 1.50. The Labute approximate surface area is 87.3 Å². The van der Waals surface area contributed by atoms with Crippen molar-refractivity contribution in [3.8, 4) is 6.07 Å². The number of nitrogens with zero attached hydrogens (tertiary/aromatic N) is 2. The van der Waals surface area contributed by atoms with Crippen molar-refractivity contribution in [3.63, 3.8) is 0 Å². The third-order valence-electron chi connectivity index (χ3n) is 1.90. The molecule has 0 spiro atoms. The summed E-state index contributed by atoms with van der Waals surface area (Å²) < 4.78 is 61.8. The van der Waals surface area contributed by atoms with Gasteiger partial charge in [0.2, 0.25) is 0 Å². The Morgan fingerprint density at radius 3 is 2.31 bits per heavy atom. The van der Waals surface area contributed by atoms with Crippen molar-refractivity contribution in [3.05, 3.63) is 28.6 Å². The molecule has 86 valence electrons. The van der Waals surface area contributed by atoms with Crippen LogP contribution < -0.4 is 0 Å². The maximum Gasteiger partial charge on any atom is 0.419 e. The first-order valence-corrected chi connectivity index (χ1v) is 4.04. The molecule has 0 fully saturated rings. The second-order valence-corrected chi connectivity index (χ2v) is 2.97. The molecule has 0 N–H and O–H groups in total. The highest BCUT2D eigenvalue weighted by Gasteiger charge is 2.36. The van der Waals surface area contributed by atoms with Crippen LogP contribution >= 0.6 is 0 Å². The zero-order valence-electron chi connectivity index (χ0n) is 7.94. The van der Waals surface area contributed by atoms with Gasteiger partial charge in [-0.2, -0.15) is 18.4 Å². The first-order valence-electron chi connectivity index (χ1n) is 4.04. The molecule has 0 aliphatic rings. The number of nitriles is 1. The zero-order valence-corrected chi connectivity index (χ0v) is 7.94. The lowest BCUT2D eigenvalue weighted by Crippen LogP contribution is -2.11. The molecule has 1 aromatic heterocycles. The highest BCUT2D eigenvalue weighted by Crippen LogP contribution is 2.34. The van der Waals surface area contributed by atoms with Crippen molar-refractivity contribution >= 4 is 0 Å². The van der Waals surface area contributed by atoms with Crippen LogP contribution in [-0.4, -0.2) is 4.98 Å². The van der Waals surface area contributed by atoms with Crippen LogP contribution in [0.2, 0.25) is 0 Å². The quantitative estimate of drug-likeness (QED) is 0.702. The van der Waals surface area contributed by atoms with Gasteiger partial charge in [0.25, 0.3) is 6.43 Å². The first-order chi connectivity index (χ1) is 7.27. The van der Waals surface area contributed by atoms with E-state index in [4.69, 9.17) is 5.26 Å². The molecule has 0 aromatic carbocycles. The lowest BCUT2D eigenvalue weighted by Gasteiger charge is -2.11. The van der Waals surface area contributed by atoms with Crippen molar-refractivity contribution in [2.24, 2.45) is 0 Å². The normalized spacial score (nSPS) is 11.6. The van der Waals surface area contributed by atoms with Gasteiger partial charge in [-0.05, 0) is 13.0 Å². The lowest BCUT2D eigenvalue weighted by molar-refractivity contribution is -0.138. The van der Waals surface area contributed by atoms with Gasteiger partial charge in [-0.15, -0.1) is 0 Å². The molecule has 0 aliphatic heterocycles. The summed E-state index contributed by atoms with van der Waals surface area (Å²) in [4.78, 5) is 3.22. The predicted molar refractivity (Wildman–Crippen MR) is 43.6 cm³/mol. The number of alkyl halides is 5. The largest absolute Gasteiger partial charge is 0.419 e. The van der Waals surface area contributed by atoms with Crippen LogP contribution in [-0.2, 0) is 6.18 Å². The standard InChI is InChI=1S/C9H5F5N2/c1-4-5(8(10)11)2-6(9(12,13)14)7(3-15)16-4/h2,8H,1H3. The number of hydrogen-bond acceptors (Lipinski definition) is 2. The Balaban J connectivity index is 3.49. The Morgan fingerprint density at radius 2 is 1.94 bits per heavy atom. The number of aryl methyl sites for hydroxylation is 1. The minimum Gasteiger partial charge on any atom is -0.241 e. The van der Waals surface area contributed by atoms with Gasteiger partial charge in [-0.3, -0.25) is 0 Å². The molecule has 0 radical (unpaired) electrons. The van der Waals surface area contributed by atoms with Crippen molar-refractivity contribution < 1.29 is 22.0 Å². The molecule has 1 heterocycles. The van der Waals surface area contributed by atoms with Gasteiger partial charge in [0.05, 0.1) is 5.56 Å². The maximum absolute atomic E-state index is 12.4. The molecule has 0 atom stereocenters. The molecule has 7 heteroatoms. The molecule has 0 saturated carbocycles. The SMILES string of the molecule is Cc1nc(C#N)c(C(F)(F)F)cc1C(F)F. The van der Waals surface area contributed by atoms with Gasteiger partial charge in [0.15, 0.2) is 5.69 Å². The molecule has 0 unspecified atom stereocenters. The number of hydrogen-bond donors (Lipinski definition) is 0. The van der Waals surface area contributed by atoms with Gasteiger partial charge in [0, 0.05) is 11.3 Å². The minimum absolute atomic E-state index is 0.269. The predicted octanol–water partition coefficient (Wildman–Crippen LogP) is 3.22. The number of halogens is 5. The number of rotatable bonds is 1. The lowest BCUT2D eigenvalue weighted by atomic mass is 10.1. The third kappa shape index (κ3) is 2.27. The molecule has 16 heavy (non-hydrogen) atoms. The highest BCUT2D eigenvalue weighted by atomic mass is 19.4. The average Bonchev–Trinajstić information content (AvgIpc) is 2.14. The van der Waals surface area contributed by atoms with Crippen molar-refractivity contribution in [2.45, 2.75) is 19.5 Å². The van der Waals surface area contributed by atoms with Gasteiger partial charge in [-0.1, -0.05) is 0 Å². The fraction of sp³-hybridized carbons (Fsp3) is 0.333. The second-order valence-electron chi connectivity index (χ2n) is 2.97. The van der Waals surface area contributed by atoms with Crippen LogP contribution in [0.5, 0.6) is 0 Å². The molecule has 0 amide bonds. The Morgan fingerprint density at radius 1 is 1.38 bits per heavy atom. The van der Waals surface area contributed by atoms with E-state index in [1.165, 1.54) is 6.07 Å². The number of aromatic nitrogens is 1. The summed E-state index contributed by atoms with van der Waals surface area (Å²) in [5.74, 6) is 0. The van der Waals surface area contributed by atoms with Crippen LogP contribution in [0.25, 0.3) is 0 Å². The van der Waals surface area contributed by atoms with Crippen molar-refractivity contribution in [1.29, 1.82) is 5.26 Å². The summed E-state index contributed by atoms with van der Waals surface area (Å²) in [5, 5.41) is 8.44. The number of pyridine rings is 1. The molecule has 0 bridgehead atoms. The summed E-state index contributed by atoms with van der Waals surface area (Å²) in [6.07, 6.45) is -7.92. The van der Waals surface area contributed by atoms with Gasteiger partial charge >= 0.3 is 6.18 Å². The zero-order chi connectivity index (χ0) is 12.5. The van der Waals surface area contributed by atoms with Gasteiger partial charge < -0.3 is 0 Å². The van der Waals surface area contributed by atoms with Gasteiger partial charge in [-0.25, -0.2) is 13.8 Å². The summed E-state index contributed by atoms with van der Waals surface area (Å²) in [5.41, 5.74) is -3.42. The topological polar surface area (TPSA) is 36.7 Å². The molecule has 1 rings (SSSR count). The van der Waals surface area contributed by atoms with Crippen LogP contribution in [0.3, 0.4) is 0 Å². The summed E-state index contributed by atoms with van der Waals surface area (Å²) in [6.45, 7) is 1.13. The second kappa shape index (κ2) is 4.04. The minimum atomic E-state index is -4.87. The van der Waals surface area contributed by atoms with E-state index in [0.29, 0.717) is 0 Å². The van der Waals surface area contributed by atoms with E-state index in [0.717, 1.165) is 6.92 Å². The molecule has 0 saturated heterocycles. The molecule has 0 aliphatic carbocycles. The van der Waals surface area contributed by atoms with Crippen LogP contribution in [0.1, 0.15) is 28.9 Å². The van der Waals surface area contributed by atoms with E-state index >= 15 is 0 Å². The Bertz CT molecular complexity index is 444. The Kier molecular flexibility index (Phi) is 3.12. The van der Waals surface area contributed by atoms with E-state index in [1.54, 1.807) is 0 Å². The first kappa shape index (κ1) is 12.4. The molecular formula is C9H5F5N2. The highest BCUT2D eigenvalue weighted by molar-refractivity contribution is 5.39. The van der Waals surface area contributed by atoms with E-state index in [9.17, 15) is 22.0 Å². The van der Waals surface area contributed by atoms with E-state index in [2.05, 4.69) is 4.98 Å². The van der Waals surface area contributed by atoms with Gasteiger partial charge in [0.1, 0.15) is 6.07 Å². The van der Waals surface area contributed by atoms with Crippen molar-refractivity contribution in [1.82, 2.24) is 4.98 Å². The monoisotopic (exact) mass is 236 g/mol. The van der Waals surface area contributed by atoms with Crippen molar-refractivity contribution in [2.75, 3.05) is 0 Å². The smallest absolute Gasteiger partial charge is 0.241 e. The summed E-state index contributed by atoms with van der Waals surface area (Å²) >= 11 is 0. The van der Waals surface area contributed by atoms with Crippen LogP contribution in [0.4, 0.5) is 22.0 Å². The third-order valence-corrected chi connectivity index (χ3v) is 1.90. The van der Waals surface area contributed by atoms with Crippen LogP contribution in [0, 0.1) is 18.3 Å². The summed E-state index contributed by atoms with van der Waals surface area (Å²) in [7, 11) is 0. The van der Waals surface area contributed by atoms with Crippen LogP contribution in [0.15, 0.2) is 6.07 Å². The molecule has 1 aromatic rings. The van der Waals surface area contributed by atoms with E-state index in [1.807, 2.05) is 0 Å². The maximum atomic E-state index is 12.4. The van der Waals surface area contributed by atoms with E-state index < -0.39 is 29.4 Å². The molecule has 2 nitrogen and oxygen atoms in total. The fourth-order valence-electron chi connectivity index (χ4n) is 1.14. The Hall–Kier alpha value is -1.71. The average molecular weight is 236 g/mol. The fourth-order valence-corrected chi connectivity index (χ4v) is 1.14.